The van der Waals surface area contributed by atoms with E-state index in [1.54, 1.807) is 0 Å². The standard InChI is InChI=1S/C26H34IN3O2Si/c1-26(11-6-5-7-12-26)24(31)21-17-30(18-32-13-14-33(2,3)4)25-23(21)29-22(16-28-25)19-9-8-10-20(27)15-19/h8-10,15-17H,5-7,11-14,18H2,1-4H3. The third-order valence-corrected chi connectivity index (χ3v) is 9.04. The van der Waals surface area contributed by atoms with Gasteiger partial charge in [0.2, 0.25) is 0 Å². The Hall–Kier alpha value is -1.58. The Morgan fingerprint density at radius 1 is 1.21 bits per heavy atom. The summed E-state index contributed by atoms with van der Waals surface area (Å²) in [5.41, 5.74) is 3.58. The minimum Gasteiger partial charge on any atom is -0.361 e. The molecule has 1 fully saturated rings. The summed E-state index contributed by atoms with van der Waals surface area (Å²) in [7, 11) is -1.16. The lowest BCUT2D eigenvalue weighted by atomic mass is 9.71. The number of ether oxygens (including phenoxy) is 1. The molecule has 0 atom stereocenters. The van der Waals surface area contributed by atoms with Crippen molar-refractivity contribution in [2.24, 2.45) is 5.41 Å². The number of ketones is 1. The predicted molar refractivity (Wildman–Crippen MR) is 145 cm³/mol. The number of carbonyl (C=O) groups is 1. The number of benzene rings is 1. The number of hydrogen-bond donors (Lipinski definition) is 0. The van der Waals surface area contributed by atoms with Crippen molar-refractivity contribution in [2.45, 2.75) is 71.4 Å². The number of fused-ring (bicyclic) bond motifs is 1. The molecule has 5 nitrogen and oxygen atoms in total. The number of halogens is 1. The lowest BCUT2D eigenvalue weighted by molar-refractivity contribution is 0.0747. The van der Waals surface area contributed by atoms with Crippen molar-refractivity contribution >= 4 is 47.6 Å². The van der Waals surface area contributed by atoms with E-state index in [2.05, 4.69) is 61.3 Å². The summed E-state index contributed by atoms with van der Waals surface area (Å²) in [4.78, 5) is 23.5. The highest BCUT2D eigenvalue weighted by Gasteiger charge is 2.37. The number of hydrogen-bond acceptors (Lipinski definition) is 4. The van der Waals surface area contributed by atoms with Crippen molar-refractivity contribution in [3.05, 3.63) is 45.8 Å². The number of aromatic nitrogens is 3. The molecule has 0 spiro atoms. The van der Waals surface area contributed by atoms with E-state index in [4.69, 9.17) is 14.7 Å². The van der Waals surface area contributed by atoms with Crippen LogP contribution in [0.3, 0.4) is 0 Å². The van der Waals surface area contributed by atoms with Crippen molar-refractivity contribution in [1.29, 1.82) is 0 Å². The number of nitrogens with zero attached hydrogens (tertiary/aromatic N) is 3. The predicted octanol–water partition coefficient (Wildman–Crippen LogP) is 7.17. The molecule has 0 N–H and O–H groups in total. The molecule has 3 aromatic rings. The summed E-state index contributed by atoms with van der Waals surface area (Å²) in [6.45, 7) is 10.3. The third-order valence-electron chi connectivity index (χ3n) is 6.66. The molecule has 1 aromatic carbocycles. The smallest absolute Gasteiger partial charge is 0.172 e. The van der Waals surface area contributed by atoms with Crippen molar-refractivity contribution in [2.75, 3.05) is 6.61 Å². The topological polar surface area (TPSA) is 57.0 Å². The maximum atomic E-state index is 13.8. The van der Waals surface area contributed by atoms with E-state index >= 15 is 0 Å². The fraction of sp³-hybridized carbons (Fsp3) is 0.500. The molecule has 0 saturated heterocycles. The first-order chi connectivity index (χ1) is 15.7. The van der Waals surface area contributed by atoms with E-state index in [0.29, 0.717) is 17.8 Å². The van der Waals surface area contributed by atoms with E-state index in [-0.39, 0.29) is 11.2 Å². The van der Waals surface area contributed by atoms with Crippen LogP contribution in [0.4, 0.5) is 0 Å². The maximum absolute atomic E-state index is 13.8. The van der Waals surface area contributed by atoms with Gasteiger partial charge >= 0.3 is 0 Å². The van der Waals surface area contributed by atoms with Gasteiger partial charge in [0, 0.05) is 35.4 Å². The van der Waals surface area contributed by atoms with E-state index in [9.17, 15) is 4.79 Å². The second kappa shape index (κ2) is 9.96. The van der Waals surface area contributed by atoms with Crippen LogP contribution in [0.2, 0.25) is 25.7 Å². The van der Waals surface area contributed by atoms with Crippen LogP contribution >= 0.6 is 22.6 Å². The van der Waals surface area contributed by atoms with Gasteiger partial charge in [0.1, 0.15) is 12.2 Å². The van der Waals surface area contributed by atoms with Gasteiger partial charge in [0.05, 0.1) is 17.5 Å². The molecule has 2 aromatic heterocycles. The van der Waals surface area contributed by atoms with Crippen molar-refractivity contribution in [1.82, 2.24) is 14.5 Å². The fourth-order valence-corrected chi connectivity index (χ4v) is 5.83. The zero-order valence-electron chi connectivity index (χ0n) is 20.2. The maximum Gasteiger partial charge on any atom is 0.172 e. The molecule has 0 amide bonds. The molecule has 4 rings (SSSR count). The Morgan fingerprint density at radius 3 is 2.67 bits per heavy atom. The molecule has 0 aliphatic heterocycles. The summed E-state index contributed by atoms with van der Waals surface area (Å²) in [6, 6.07) is 9.33. The van der Waals surface area contributed by atoms with Crippen LogP contribution in [-0.4, -0.2) is 35.0 Å². The first-order valence-electron chi connectivity index (χ1n) is 11.9. The quantitative estimate of drug-likeness (QED) is 0.124. The molecule has 33 heavy (non-hydrogen) atoms. The van der Waals surface area contributed by atoms with Gasteiger partial charge in [0.25, 0.3) is 0 Å². The van der Waals surface area contributed by atoms with Gasteiger partial charge in [0.15, 0.2) is 11.4 Å². The van der Waals surface area contributed by atoms with E-state index in [1.807, 2.05) is 29.1 Å². The summed E-state index contributed by atoms with van der Waals surface area (Å²) < 4.78 is 9.12. The lowest BCUT2D eigenvalue weighted by Gasteiger charge is -2.31. The molecule has 176 valence electrons. The molecule has 0 bridgehead atoms. The number of Topliss-reactive ketones (excluding diaryl/α,β-unsaturated/α-hetero) is 1. The second-order valence-electron chi connectivity index (χ2n) is 10.7. The Morgan fingerprint density at radius 2 is 1.97 bits per heavy atom. The minimum atomic E-state index is -1.16. The second-order valence-corrected chi connectivity index (χ2v) is 17.6. The van der Waals surface area contributed by atoms with Gasteiger partial charge in [-0.2, -0.15) is 0 Å². The molecule has 1 aliphatic carbocycles. The molecule has 7 heteroatoms. The Balaban J connectivity index is 1.71. The van der Waals surface area contributed by atoms with Gasteiger partial charge in [-0.05, 0) is 53.6 Å². The zero-order chi connectivity index (χ0) is 23.6. The minimum absolute atomic E-state index is 0.196. The third kappa shape index (κ3) is 5.74. The van der Waals surface area contributed by atoms with E-state index in [0.717, 1.165) is 58.8 Å². The molecule has 1 aliphatic rings. The highest BCUT2D eigenvalue weighted by molar-refractivity contribution is 14.1. The van der Waals surface area contributed by atoms with Gasteiger partial charge in [-0.25, -0.2) is 9.97 Å². The van der Waals surface area contributed by atoms with Crippen LogP contribution in [0.15, 0.2) is 36.7 Å². The van der Waals surface area contributed by atoms with Crippen LogP contribution in [0, 0.1) is 8.99 Å². The SMILES string of the molecule is CC1(C(=O)c2cn(COCC[Si](C)(C)C)c3ncc(-c4cccc(I)c4)nc23)CCCCC1. The first kappa shape index (κ1) is 24.5. The summed E-state index contributed by atoms with van der Waals surface area (Å²) in [6.07, 6.45) is 9.06. The van der Waals surface area contributed by atoms with Crippen molar-refractivity contribution in [3.8, 4) is 11.3 Å². The van der Waals surface area contributed by atoms with E-state index < -0.39 is 8.07 Å². The zero-order valence-corrected chi connectivity index (χ0v) is 23.3. The Labute approximate surface area is 211 Å². The van der Waals surface area contributed by atoms with Gasteiger partial charge < -0.3 is 9.30 Å². The molecule has 0 unspecified atom stereocenters. The summed E-state index contributed by atoms with van der Waals surface area (Å²) in [5, 5.41) is 0. The monoisotopic (exact) mass is 575 g/mol. The highest BCUT2D eigenvalue weighted by atomic mass is 127. The molecule has 0 radical (unpaired) electrons. The Kier molecular flexibility index (Phi) is 7.40. The average Bonchev–Trinajstić information content (AvgIpc) is 3.14. The highest BCUT2D eigenvalue weighted by Crippen LogP contribution is 2.40. The van der Waals surface area contributed by atoms with Crippen LogP contribution in [0.25, 0.3) is 22.4 Å². The van der Waals surface area contributed by atoms with Crippen LogP contribution in [-0.2, 0) is 11.5 Å². The summed E-state index contributed by atoms with van der Waals surface area (Å²) >= 11 is 2.31. The summed E-state index contributed by atoms with van der Waals surface area (Å²) in [5.74, 6) is 0.196. The van der Waals surface area contributed by atoms with Crippen LogP contribution in [0.1, 0.15) is 49.4 Å². The number of rotatable bonds is 8. The van der Waals surface area contributed by atoms with Gasteiger partial charge in [-0.15, -0.1) is 0 Å². The first-order valence-corrected chi connectivity index (χ1v) is 16.7. The lowest BCUT2D eigenvalue weighted by Crippen LogP contribution is -2.30. The van der Waals surface area contributed by atoms with Crippen molar-refractivity contribution < 1.29 is 9.53 Å². The van der Waals surface area contributed by atoms with Crippen LogP contribution < -0.4 is 0 Å². The largest absolute Gasteiger partial charge is 0.361 e. The number of carbonyl (C=O) groups excluding carboxylic acids is 1. The van der Waals surface area contributed by atoms with Crippen LogP contribution in [0.5, 0.6) is 0 Å². The average molecular weight is 576 g/mol. The normalized spacial score (nSPS) is 16.3. The molecule has 1 saturated carbocycles. The molecular weight excluding hydrogens is 541 g/mol. The van der Waals surface area contributed by atoms with E-state index in [1.165, 1.54) is 6.42 Å². The van der Waals surface area contributed by atoms with Crippen molar-refractivity contribution in [3.63, 3.8) is 0 Å². The Bertz CT molecular complexity index is 1150. The van der Waals surface area contributed by atoms with Gasteiger partial charge in [-0.3, -0.25) is 4.79 Å². The molecule has 2 heterocycles. The fourth-order valence-electron chi connectivity index (χ4n) is 4.53. The molecular formula is C26H34IN3O2Si. The van der Waals surface area contributed by atoms with Gasteiger partial charge in [-0.1, -0.05) is 58.0 Å².